The minimum atomic E-state index is -7.40. The molecule has 0 saturated heterocycles. The molecule has 4 nitrogen and oxygen atoms in total. The topological polar surface area (TPSA) is 60.4 Å². The SMILES string of the molecule is CS(C)(OS(=O)(=O)C(F)(F)C(F)(F)C(F)(F)C(F)(F)F)c1ccc(C(=O)c2ccc(Sc3ccccc3)cc2)cc1. The van der Waals surface area contributed by atoms with Crippen LogP contribution in [0.2, 0.25) is 0 Å². The van der Waals surface area contributed by atoms with Gasteiger partial charge in [-0.2, -0.15) is 47.9 Å². The van der Waals surface area contributed by atoms with Crippen molar-refractivity contribution in [3.8, 4) is 0 Å². The molecule has 0 atom stereocenters. The van der Waals surface area contributed by atoms with Crippen molar-refractivity contribution < 1.29 is 56.4 Å². The van der Waals surface area contributed by atoms with Crippen LogP contribution in [0.5, 0.6) is 0 Å². The van der Waals surface area contributed by atoms with Crippen molar-refractivity contribution in [1.29, 1.82) is 0 Å². The summed E-state index contributed by atoms with van der Waals surface area (Å²) in [5.74, 6) is -15.3. The Balaban J connectivity index is 1.79. The van der Waals surface area contributed by atoms with E-state index in [1.165, 1.54) is 11.8 Å². The first kappa shape index (κ1) is 32.8. The average Bonchev–Trinajstić information content (AvgIpc) is 2.88. The van der Waals surface area contributed by atoms with Gasteiger partial charge in [0, 0.05) is 25.8 Å². The molecule has 0 bridgehead atoms. The van der Waals surface area contributed by atoms with Gasteiger partial charge in [-0.1, -0.05) is 40.3 Å². The van der Waals surface area contributed by atoms with Crippen molar-refractivity contribution in [2.75, 3.05) is 12.5 Å². The van der Waals surface area contributed by atoms with Gasteiger partial charge < -0.3 is 0 Å². The summed E-state index contributed by atoms with van der Waals surface area (Å²) in [6, 6.07) is 20.3. The molecule has 0 saturated carbocycles. The number of halogens is 9. The standard InChI is InChI=1S/C25H19F9O4S3/c1-40(2,38-41(36,37)25(33,34)23(28,29)22(26,27)24(30,31)32)20-14-10-17(11-15-20)21(35)16-8-12-19(13-9-16)39-18-6-4-3-5-7-18/h3-15H,1-2H3. The van der Waals surface area contributed by atoms with Gasteiger partial charge in [-0.05, 0) is 73.2 Å². The second-order valence-electron chi connectivity index (χ2n) is 8.71. The fourth-order valence-electron chi connectivity index (χ4n) is 3.22. The molecule has 3 aromatic rings. The summed E-state index contributed by atoms with van der Waals surface area (Å²) in [6.45, 7) is 0. The summed E-state index contributed by atoms with van der Waals surface area (Å²) in [5, 5.41) is -6.97. The highest BCUT2D eigenvalue weighted by atomic mass is 32.3. The van der Waals surface area contributed by atoms with E-state index in [0.717, 1.165) is 46.6 Å². The largest absolute Gasteiger partial charge is 0.460 e. The van der Waals surface area contributed by atoms with E-state index in [0.29, 0.717) is 0 Å². The first-order valence-electron chi connectivity index (χ1n) is 11.0. The zero-order valence-corrected chi connectivity index (χ0v) is 23.2. The highest BCUT2D eigenvalue weighted by Crippen LogP contribution is 2.59. The molecule has 0 amide bonds. The second kappa shape index (κ2) is 11.2. The third kappa shape index (κ3) is 6.39. The molecule has 0 aliphatic carbocycles. The van der Waals surface area contributed by atoms with Crippen LogP contribution in [0, 0.1) is 0 Å². The number of carbonyl (C=O) groups excluding carboxylic acids is 1. The third-order valence-electron chi connectivity index (χ3n) is 5.47. The van der Waals surface area contributed by atoms with Gasteiger partial charge >= 0.3 is 33.4 Å². The molecule has 0 unspecified atom stereocenters. The van der Waals surface area contributed by atoms with Crippen LogP contribution >= 0.6 is 22.1 Å². The molecule has 3 aromatic carbocycles. The predicted octanol–water partition coefficient (Wildman–Crippen LogP) is 8.18. The monoisotopic (exact) mass is 650 g/mol. The molecular weight excluding hydrogens is 631 g/mol. The molecule has 16 heteroatoms. The number of ketones is 1. The second-order valence-corrected chi connectivity index (χ2v) is 14.8. The van der Waals surface area contributed by atoms with Gasteiger partial charge in [-0.25, -0.2) is 3.63 Å². The fourth-order valence-corrected chi connectivity index (χ4v) is 7.74. The van der Waals surface area contributed by atoms with E-state index < -0.39 is 49.5 Å². The minimum Gasteiger partial charge on any atom is -0.289 e. The number of carbonyl (C=O) groups is 1. The van der Waals surface area contributed by atoms with Crippen molar-refractivity contribution in [2.45, 2.75) is 38.0 Å². The molecule has 0 N–H and O–H groups in total. The Kier molecular flexibility index (Phi) is 8.96. The summed E-state index contributed by atoms with van der Waals surface area (Å²) in [6.07, 6.45) is -5.50. The van der Waals surface area contributed by atoms with Crippen LogP contribution in [0.3, 0.4) is 0 Å². The minimum absolute atomic E-state index is 0.0527. The first-order chi connectivity index (χ1) is 18.6. The molecule has 0 aliphatic heterocycles. The van der Waals surface area contributed by atoms with E-state index in [2.05, 4.69) is 3.63 Å². The molecule has 0 spiro atoms. The Bertz CT molecular complexity index is 1490. The summed E-state index contributed by atoms with van der Waals surface area (Å²) >= 11 is 1.45. The van der Waals surface area contributed by atoms with E-state index in [1.54, 1.807) is 24.3 Å². The molecule has 0 fully saturated rings. The molecule has 0 aliphatic rings. The molecular formula is C25H19F9O4S3. The summed E-state index contributed by atoms with van der Waals surface area (Å²) in [5.41, 5.74) is 0.310. The molecule has 41 heavy (non-hydrogen) atoms. The van der Waals surface area contributed by atoms with Gasteiger partial charge in [0.05, 0.1) is 0 Å². The number of hydrogen-bond acceptors (Lipinski definition) is 5. The van der Waals surface area contributed by atoms with Gasteiger partial charge in [-0.3, -0.25) is 4.79 Å². The van der Waals surface area contributed by atoms with Crippen molar-refractivity contribution >= 4 is 38.0 Å². The van der Waals surface area contributed by atoms with Crippen LogP contribution in [-0.4, -0.2) is 50.0 Å². The highest BCUT2D eigenvalue weighted by Gasteiger charge is 2.86. The maximum absolute atomic E-state index is 14.1. The van der Waals surface area contributed by atoms with E-state index >= 15 is 0 Å². The van der Waals surface area contributed by atoms with Crippen LogP contribution < -0.4 is 0 Å². The van der Waals surface area contributed by atoms with Crippen molar-refractivity contribution in [2.24, 2.45) is 0 Å². The lowest BCUT2D eigenvalue weighted by atomic mass is 10.0. The van der Waals surface area contributed by atoms with Gasteiger partial charge in [-0.15, -0.1) is 0 Å². The third-order valence-corrected chi connectivity index (χ3v) is 10.9. The number of benzene rings is 3. The van der Waals surface area contributed by atoms with E-state index in [-0.39, 0.29) is 16.0 Å². The lowest BCUT2D eigenvalue weighted by Gasteiger charge is -2.36. The maximum Gasteiger partial charge on any atom is 0.460 e. The smallest absolute Gasteiger partial charge is 0.289 e. The van der Waals surface area contributed by atoms with Crippen LogP contribution in [0.25, 0.3) is 0 Å². The van der Waals surface area contributed by atoms with Crippen LogP contribution in [-0.2, 0) is 13.7 Å². The Morgan fingerprint density at radius 1 is 0.659 bits per heavy atom. The lowest BCUT2D eigenvalue weighted by molar-refractivity contribution is -0.382. The Hall–Kier alpha value is -2.69. The first-order valence-corrected chi connectivity index (χ1v) is 15.6. The molecule has 0 aromatic heterocycles. The molecule has 224 valence electrons. The lowest BCUT2D eigenvalue weighted by Crippen LogP contribution is -2.63. The van der Waals surface area contributed by atoms with E-state index in [1.807, 2.05) is 30.3 Å². The molecule has 0 radical (unpaired) electrons. The van der Waals surface area contributed by atoms with Crippen molar-refractivity contribution in [1.82, 2.24) is 0 Å². The van der Waals surface area contributed by atoms with Gasteiger partial charge in [0.15, 0.2) is 5.78 Å². The zero-order valence-electron chi connectivity index (χ0n) is 20.8. The van der Waals surface area contributed by atoms with Crippen molar-refractivity contribution in [3.63, 3.8) is 0 Å². The summed E-state index contributed by atoms with van der Waals surface area (Å²) < 4.78 is 147. The fraction of sp³-hybridized carbons (Fsp3) is 0.240. The molecule has 0 heterocycles. The highest BCUT2D eigenvalue weighted by molar-refractivity contribution is 8.32. The Morgan fingerprint density at radius 3 is 1.56 bits per heavy atom. The number of rotatable bonds is 10. The zero-order chi connectivity index (χ0) is 31.1. The predicted molar refractivity (Wildman–Crippen MR) is 135 cm³/mol. The van der Waals surface area contributed by atoms with E-state index in [9.17, 15) is 52.7 Å². The Morgan fingerprint density at radius 2 is 1.10 bits per heavy atom. The quantitative estimate of drug-likeness (QED) is 0.164. The van der Waals surface area contributed by atoms with Crippen LogP contribution in [0.4, 0.5) is 39.5 Å². The van der Waals surface area contributed by atoms with Gasteiger partial charge in [0.1, 0.15) is 0 Å². The van der Waals surface area contributed by atoms with Crippen molar-refractivity contribution in [3.05, 3.63) is 90.0 Å². The number of hydrogen-bond donors (Lipinski definition) is 0. The average molecular weight is 651 g/mol. The summed E-state index contributed by atoms with van der Waals surface area (Å²) in [7, 11) is -10.6. The Labute approximate surface area is 234 Å². The van der Waals surface area contributed by atoms with Crippen LogP contribution in [0.1, 0.15) is 15.9 Å². The number of alkyl halides is 9. The van der Waals surface area contributed by atoms with Gasteiger partial charge in [0.25, 0.3) is 0 Å². The van der Waals surface area contributed by atoms with E-state index in [4.69, 9.17) is 0 Å². The molecule has 3 rings (SSSR count). The maximum atomic E-state index is 14.1. The van der Waals surface area contributed by atoms with Gasteiger partial charge in [0.2, 0.25) is 0 Å². The summed E-state index contributed by atoms with van der Waals surface area (Å²) in [4.78, 5) is 14.4. The normalized spacial score (nSPS) is 14.1. The van der Waals surface area contributed by atoms with Crippen LogP contribution in [0.15, 0.2) is 93.5 Å².